The van der Waals surface area contributed by atoms with Crippen LogP contribution in [0.15, 0.2) is 29.1 Å². The van der Waals surface area contributed by atoms with Crippen LogP contribution in [0.4, 0.5) is 32.3 Å². The zero-order valence-electron chi connectivity index (χ0n) is 20.5. The van der Waals surface area contributed by atoms with E-state index in [2.05, 4.69) is 25.8 Å². The van der Waals surface area contributed by atoms with E-state index in [0.29, 0.717) is 16.0 Å². The summed E-state index contributed by atoms with van der Waals surface area (Å²) >= 11 is 5.88. The summed E-state index contributed by atoms with van der Waals surface area (Å²) in [5.74, 6) is -0.564. The van der Waals surface area contributed by atoms with Crippen LogP contribution in [0.3, 0.4) is 0 Å². The van der Waals surface area contributed by atoms with Gasteiger partial charge in [-0.2, -0.15) is 36.4 Å². The molecule has 1 aliphatic heterocycles. The lowest BCUT2D eigenvalue weighted by atomic mass is 10.1. The third-order valence-electron chi connectivity index (χ3n) is 5.97. The van der Waals surface area contributed by atoms with Crippen molar-refractivity contribution in [3.05, 3.63) is 45.6 Å². The van der Waals surface area contributed by atoms with Crippen LogP contribution in [0.2, 0.25) is 5.02 Å². The zero-order valence-corrected chi connectivity index (χ0v) is 21.3. The number of piperidine rings is 1. The van der Waals surface area contributed by atoms with Crippen molar-refractivity contribution in [1.82, 2.24) is 34.4 Å². The molecule has 1 saturated heterocycles. The Kier molecular flexibility index (Phi) is 8.44. The van der Waals surface area contributed by atoms with Gasteiger partial charge in [0.05, 0.1) is 19.5 Å². The van der Waals surface area contributed by atoms with Crippen LogP contribution in [0.25, 0.3) is 11.4 Å². The van der Waals surface area contributed by atoms with Crippen molar-refractivity contribution in [3.63, 3.8) is 0 Å². The molecule has 18 heteroatoms. The van der Waals surface area contributed by atoms with Gasteiger partial charge in [-0.25, -0.2) is 14.2 Å². The first kappa shape index (κ1) is 29.4. The lowest BCUT2D eigenvalue weighted by molar-refractivity contribution is -0.207. The predicted molar refractivity (Wildman–Crippen MR) is 128 cm³/mol. The molecule has 2 atom stereocenters. The number of aromatic nitrogens is 6. The molecule has 2 unspecified atom stereocenters. The Morgan fingerprint density at radius 1 is 1.10 bits per heavy atom. The van der Waals surface area contributed by atoms with Crippen molar-refractivity contribution in [3.8, 4) is 11.4 Å². The average molecular weight is 597 g/mol. The molecule has 0 aliphatic carbocycles. The summed E-state index contributed by atoms with van der Waals surface area (Å²) < 4.78 is 80.3. The van der Waals surface area contributed by atoms with E-state index in [-0.39, 0.29) is 48.1 Å². The van der Waals surface area contributed by atoms with Crippen molar-refractivity contribution in [2.45, 2.75) is 63.4 Å². The Morgan fingerprint density at radius 2 is 1.80 bits per heavy atom. The molecule has 3 N–H and O–H groups in total. The largest absolute Gasteiger partial charge is 0.416 e. The summed E-state index contributed by atoms with van der Waals surface area (Å²) in [7, 11) is 0. The van der Waals surface area contributed by atoms with E-state index < -0.39 is 50.2 Å². The molecule has 3 aromatic rings. The van der Waals surface area contributed by atoms with Gasteiger partial charge in [0.15, 0.2) is 17.8 Å². The quantitative estimate of drug-likeness (QED) is 0.324. The second-order valence-electron chi connectivity index (χ2n) is 9.06. The summed E-state index contributed by atoms with van der Waals surface area (Å²) in [5.41, 5.74) is -0.815. The van der Waals surface area contributed by atoms with Gasteiger partial charge < -0.3 is 15.7 Å². The molecule has 0 saturated carbocycles. The first-order valence-electron chi connectivity index (χ1n) is 11.9. The van der Waals surface area contributed by atoms with Gasteiger partial charge in [0.1, 0.15) is 6.54 Å². The van der Waals surface area contributed by atoms with Gasteiger partial charge in [0.25, 0.3) is 0 Å². The Bertz CT molecular complexity index is 1390. The zero-order chi connectivity index (χ0) is 29.2. The van der Waals surface area contributed by atoms with Crippen LogP contribution in [0.5, 0.6) is 0 Å². The maximum atomic E-state index is 13.1. The fourth-order valence-corrected chi connectivity index (χ4v) is 4.05. The third-order valence-corrected chi connectivity index (χ3v) is 6.22. The van der Waals surface area contributed by atoms with Crippen LogP contribution in [-0.2, 0) is 24.4 Å². The number of anilines is 1. The van der Waals surface area contributed by atoms with Gasteiger partial charge >= 0.3 is 18.0 Å². The number of hydrogen-bond acceptors (Lipinski definition) is 7. The summed E-state index contributed by atoms with van der Waals surface area (Å²) in [4.78, 5) is 28.7. The minimum Gasteiger partial charge on any atom is -0.382 e. The number of carbonyl (C=O) groups is 1. The average Bonchev–Trinajstić information content (AvgIpc) is 3.39. The smallest absolute Gasteiger partial charge is 0.382 e. The van der Waals surface area contributed by atoms with Gasteiger partial charge in [-0.3, -0.25) is 9.36 Å². The minimum atomic E-state index is -5.02. The number of aryl methyl sites for hydroxylation is 1. The van der Waals surface area contributed by atoms with E-state index in [9.17, 15) is 41.0 Å². The second kappa shape index (κ2) is 11.5. The van der Waals surface area contributed by atoms with Crippen molar-refractivity contribution in [2.24, 2.45) is 0 Å². The molecule has 11 nitrogen and oxygen atoms in total. The highest BCUT2D eigenvalue weighted by Gasteiger charge is 2.39. The molecule has 0 radical (unpaired) electrons. The number of aliphatic hydroxyl groups excluding tert-OH is 1. The Labute approximate surface area is 226 Å². The highest BCUT2D eigenvalue weighted by Crippen LogP contribution is 2.25. The van der Waals surface area contributed by atoms with E-state index in [4.69, 9.17) is 11.6 Å². The number of amides is 1. The molecular formula is C22H23ClF6N8O3. The number of benzene rings is 1. The number of alkyl halides is 6. The number of hydrogen-bond donors (Lipinski definition) is 3. The molecule has 218 valence electrons. The lowest BCUT2D eigenvalue weighted by Gasteiger charge is -2.23. The third kappa shape index (κ3) is 7.32. The Balaban J connectivity index is 1.66. The maximum absolute atomic E-state index is 13.1. The van der Waals surface area contributed by atoms with Crippen molar-refractivity contribution < 1.29 is 36.2 Å². The molecule has 4 rings (SSSR count). The number of nitrogens with zero attached hydrogens (tertiary/aromatic N) is 6. The highest BCUT2D eigenvalue weighted by molar-refractivity contribution is 6.30. The van der Waals surface area contributed by atoms with Crippen LogP contribution < -0.4 is 16.3 Å². The number of rotatable bonds is 9. The summed E-state index contributed by atoms with van der Waals surface area (Å²) in [5, 5.41) is 23.7. The monoisotopic (exact) mass is 596 g/mol. The lowest BCUT2D eigenvalue weighted by Crippen LogP contribution is -2.42. The van der Waals surface area contributed by atoms with Crippen molar-refractivity contribution in [1.29, 1.82) is 0 Å². The SMILES string of the molecule is O=C1CCC(Nc2nc(Cn3nc(-c4ccc(Cl)cc4)n(CC(O)C(F)(F)F)c3=O)nn2CCC(F)(F)F)CN1. The molecule has 40 heavy (non-hydrogen) atoms. The van der Waals surface area contributed by atoms with E-state index in [1.165, 1.54) is 24.3 Å². The first-order valence-corrected chi connectivity index (χ1v) is 12.3. The van der Waals surface area contributed by atoms with Crippen LogP contribution >= 0.6 is 11.6 Å². The number of halogens is 7. The number of carbonyl (C=O) groups excluding carboxylic acids is 1. The first-order chi connectivity index (χ1) is 18.7. The van der Waals surface area contributed by atoms with Crippen molar-refractivity contribution >= 4 is 23.5 Å². The van der Waals surface area contributed by atoms with Crippen LogP contribution in [0, 0.1) is 0 Å². The number of nitrogens with one attached hydrogen (secondary N) is 2. The van der Waals surface area contributed by atoms with Gasteiger partial charge in [-0.1, -0.05) is 11.6 Å². The summed E-state index contributed by atoms with van der Waals surface area (Å²) in [6.45, 7) is -2.05. The maximum Gasteiger partial charge on any atom is 0.416 e. The molecule has 1 amide bonds. The van der Waals surface area contributed by atoms with E-state index in [1.54, 1.807) is 0 Å². The van der Waals surface area contributed by atoms with E-state index >= 15 is 0 Å². The summed E-state index contributed by atoms with van der Waals surface area (Å²) in [6, 6.07) is 5.35. The molecular weight excluding hydrogens is 574 g/mol. The highest BCUT2D eigenvalue weighted by atomic mass is 35.5. The predicted octanol–water partition coefficient (Wildman–Crippen LogP) is 2.57. The van der Waals surface area contributed by atoms with E-state index in [1.807, 2.05) is 0 Å². The normalized spacial score (nSPS) is 17.1. The topological polar surface area (TPSA) is 132 Å². The Hall–Kier alpha value is -3.60. The van der Waals surface area contributed by atoms with E-state index in [0.717, 1.165) is 9.36 Å². The summed E-state index contributed by atoms with van der Waals surface area (Å²) in [6.07, 6.45) is -13.0. The Morgan fingerprint density at radius 3 is 2.40 bits per heavy atom. The molecule has 1 aromatic carbocycles. The number of aliphatic hydroxyl groups is 1. The molecule has 3 heterocycles. The van der Waals surface area contributed by atoms with Gasteiger partial charge in [-0.05, 0) is 30.7 Å². The second-order valence-corrected chi connectivity index (χ2v) is 9.50. The minimum absolute atomic E-state index is 0.0432. The van der Waals surface area contributed by atoms with Gasteiger partial charge in [0.2, 0.25) is 11.9 Å². The fraction of sp³-hybridized carbons (Fsp3) is 0.500. The van der Waals surface area contributed by atoms with Crippen molar-refractivity contribution in [2.75, 3.05) is 11.9 Å². The van der Waals surface area contributed by atoms with Gasteiger partial charge in [-0.15, -0.1) is 5.10 Å². The van der Waals surface area contributed by atoms with Crippen LogP contribution in [-0.4, -0.2) is 71.2 Å². The molecule has 1 aliphatic rings. The molecule has 2 aromatic heterocycles. The van der Waals surface area contributed by atoms with Gasteiger partial charge in [0, 0.05) is 29.6 Å². The standard InChI is InChI=1S/C22H23ClF6N8O3/c23-13-3-1-12(2-4-13)18-34-37(20(40)35(18)10-15(38)22(27,28)29)11-16-32-19(31-14-5-6-17(39)30-9-14)36(33-16)8-7-21(24,25)26/h1-4,14-15,38H,5-11H2,(H,30,39)(H,31,32,33). The fourth-order valence-electron chi connectivity index (χ4n) is 3.92. The molecule has 0 spiro atoms. The van der Waals surface area contributed by atoms with Crippen LogP contribution in [0.1, 0.15) is 25.1 Å². The molecule has 1 fully saturated rings. The molecule has 0 bridgehead atoms.